The van der Waals surface area contributed by atoms with Crippen molar-refractivity contribution in [1.29, 1.82) is 0 Å². The smallest absolute Gasteiger partial charge is 0.480 e. The minimum absolute atomic E-state index is 0.120. The van der Waals surface area contributed by atoms with Gasteiger partial charge in [0, 0.05) is 6.61 Å². The van der Waals surface area contributed by atoms with Gasteiger partial charge in [0.05, 0.1) is 0 Å². The van der Waals surface area contributed by atoms with E-state index >= 15 is 0 Å². The molecule has 5 N–H and O–H groups in total. The predicted octanol–water partition coefficient (Wildman–Crippen LogP) is -0.825. The zero-order valence-corrected chi connectivity index (χ0v) is 8.49. The number of hydrogen-bond donors (Lipinski definition) is 4. The first-order valence-electron chi connectivity index (χ1n) is 3.56. The zero-order valence-electron chi connectivity index (χ0n) is 7.68. The first-order valence-corrected chi connectivity index (χ1v) is 5.00. The number of aliphatic hydroxyl groups is 1. The topological polar surface area (TPSA) is 138 Å². The molecule has 0 aromatic rings. The van der Waals surface area contributed by atoms with Crippen LogP contribution in [0.1, 0.15) is 6.42 Å². The normalized spacial score (nSPS) is 13.6. The van der Waals surface area contributed by atoms with Crippen LogP contribution in [0.25, 0.3) is 0 Å². The molecular weight excluding hydrogens is 259 g/mol. The van der Waals surface area contributed by atoms with Crippen molar-refractivity contribution in [2.24, 2.45) is 5.73 Å². The molecule has 0 aliphatic rings. The Hall–Kier alpha value is -0.910. The fourth-order valence-electron chi connectivity index (χ4n) is 0.263. The van der Waals surface area contributed by atoms with Crippen molar-refractivity contribution in [3.8, 4) is 0 Å². The summed E-state index contributed by atoms with van der Waals surface area (Å²) in [5.41, 5.74) is -0.567. The second-order valence-corrected chi connectivity index (χ2v) is 3.79. The maximum absolute atomic E-state index is 10.7. The van der Waals surface area contributed by atoms with Crippen molar-refractivity contribution in [1.82, 2.24) is 0 Å². The van der Waals surface area contributed by atoms with Crippen molar-refractivity contribution < 1.29 is 41.1 Å². The van der Waals surface area contributed by atoms with Gasteiger partial charge in [-0.1, -0.05) is 0 Å². The van der Waals surface area contributed by atoms with Crippen LogP contribution in [0.3, 0.4) is 0 Å². The van der Waals surface area contributed by atoms with E-state index in [4.69, 9.17) is 28.9 Å². The lowest BCUT2D eigenvalue weighted by Gasteiger charge is -2.00. The molecule has 0 fully saturated rings. The molecule has 7 nitrogen and oxygen atoms in total. The number of rotatable bonds is 3. The van der Waals surface area contributed by atoms with Gasteiger partial charge in [-0.2, -0.15) is 21.6 Å². The van der Waals surface area contributed by atoms with Crippen LogP contribution in [0.15, 0.2) is 0 Å². The molecular formula is C5H10F3NO6S. The number of carboxylic acid groups (broad SMARTS) is 1. The number of aliphatic hydroxyl groups excluding tert-OH is 1. The van der Waals surface area contributed by atoms with E-state index in [0.717, 1.165) is 0 Å². The Morgan fingerprint density at radius 3 is 1.75 bits per heavy atom. The molecule has 0 aliphatic heterocycles. The van der Waals surface area contributed by atoms with Gasteiger partial charge in [-0.05, 0) is 6.42 Å². The van der Waals surface area contributed by atoms with E-state index in [-0.39, 0.29) is 13.0 Å². The number of nitrogens with two attached hydrogens (primary N) is 1. The highest BCUT2D eigenvalue weighted by atomic mass is 32.2. The average molecular weight is 269 g/mol. The molecule has 0 spiro atoms. The van der Waals surface area contributed by atoms with Gasteiger partial charge in [-0.3, -0.25) is 9.35 Å². The zero-order chi connectivity index (χ0) is 13.6. The Morgan fingerprint density at radius 1 is 1.38 bits per heavy atom. The van der Waals surface area contributed by atoms with Crippen molar-refractivity contribution >= 4 is 16.1 Å². The van der Waals surface area contributed by atoms with Crippen LogP contribution >= 0.6 is 0 Å². The molecule has 0 unspecified atom stereocenters. The van der Waals surface area contributed by atoms with Crippen LogP contribution in [0.2, 0.25) is 0 Å². The second-order valence-electron chi connectivity index (χ2n) is 2.38. The Balaban J connectivity index is 0. The predicted molar refractivity (Wildman–Crippen MR) is 44.9 cm³/mol. The van der Waals surface area contributed by atoms with Gasteiger partial charge in [0.25, 0.3) is 0 Å². The molecule has 0 rings (SSSR count). The number of hydrogen-bond acceptors (Lipinski definition) is 5. The average Bonchev–Trinajstić information content (AvgIpc) is 2.01. The van der Waals surface area contributed by atoms with E-state index in [2.05, 4.69) is 0 Å². The van der Waals surface area contributed by atoms with Crippen LogP contribution in [-0.4, -0.2) is 47.3 Å². The van der Waals surface area contributed by atoms with Gasteiger partial charge >= 0.3 is 21.6 Å². The van der Waals surface area contributed by atoms with Crippen molar-refractivity contribution in [3.05, 3.63) is 0 Å². The van der Waals surface area contributed by atoms with Crippen molar-refractivity contribution in [2.45, 2.75) is 18.0 Å². The number of halogens is 3. The van der Waals surface area contributed by atoms with Crippen LogP contribution in [0.5, 0.6) is 0 Å². The summed E-state index contributed by atoms with van der Waals surface area (Å²) in [6, 6.07) is -0.917. The number of carbonyl (C=O) groups is 1. The Morgan fingerprint density at radius 2 is 1.69 bits per heavy atom. The van der Waals surface area contributed by atoms with E-state index in [9.17, 15) is 18.0 Å². The molecule has 0 radical (unpaired) electrons. The maximum Gasteiger partial charge on any atom is 0.522 e. The minimum Gasteiger partial charge on any atom is -0.480 e. The fraction of sp³-hybridized carbons (Fsp3) is 0.800. The quantitative estimate of drug-likeness (QED) is 0.387. The highest BCUT2D eigenvalue weighted by Crippen LogP contribution is 2.20. The SMILES string of the molecule is N[C@@H](CCO)C(=O)O.O=S(=O)(O)C(F)(F)F. The lowest BCUT2D eigenvalue weighted by atomic mass is 10.2. The summed E-state index contributed by atoms with van der Waals surface area (Å²) in [6.07, 6.45) is 0.120. The summed E-state index contributed by atoms with van der Waals surface area (Å²) in [6.45, 7) is -0.173. The molecule has 0 bridgehead atoms. The molecule has 0 aliphatic carbocycles. The third kappa shape index (κ3) is 8.40. The second kappa shape index (κ2) is 6.62. The maximum atomic E-state index is 10.7. The lowest BCUT2D eigenvalue weighted by molar-refractivity contribution is -0.138. The summed E-state index contributed by atoms with van der Waals surface area (Å²) < 4.78 is 57.5. The van der Waals surface area contributed by atoms with Crippen molar-refractivity contribution in [2.75, 3.05) is 6.61 Å². The largest absolute Gasteiger partial charge is 0.522 e. The molecule has 0 aromatic carbocycles. The third-order valence-corrected chi connectivity index (χ3v) is 1.63. The molecule has 98 valence electrons. The van der Waals surface area contributed by atoms with E-state index in [1.54, 1.807) is 0 Å². The summed E-state index contributed by atoms with van der Waals surface area (Å²) in [4.78, 5) is 9.85. The Bertz CT molecular complexity index is 313. The molecule has 0 heterocycles. The Labute approximate surface area is 88.4 Å². The number of aliphatic carboxylic acids is 1. The van der Waals surface area contributed by atoms with E-state index in [1.807, 2.05) is 0 Å². The third-order valence-electron chi connectivity index (χ3n) is 1.05. The molecule has 0 saturated carbocycles. The van der Waals surface area contributed by atoms with Gasteiger partial charge in [0.2, 0.25) is 0 Å². The van der Waals surface area contributed by atoms with Gasteiger partial charge in [0.15, 0.2) is 0 Å². The van der Waals surface area contributed by atoms with Crippen LogP contribution < -0.4 is 5.73 Å². The molecule has 0 aromatic heterocycles. The van der Waals surface area contributed by atoms with Gasteiger partial charge in [0.1, 0.15) is 6.04 Å². The number of alkyl halides is 3. The summed E-state index contributed by atoms with van der Waals surface area (Å²) in [5, 5.41) is 16.2. The van der Waals surface area contributed by atoms with Crippen LogP contribution in [0.4, 0.5) is 13.2 Å². The van der Waals surface area contributed by atoms with Gasteiger partial charge < -0.3 is 15.9 Å². The van der Waals surface area contributed by atoms with E-state index < -0.39 is 27.6 Å². The first-order chi connectivity index (χ1) is 6.93. The lowest BCUT2D eigenvalue weighted by Crippen LogP contribution is -2.30. The monoisotopic (exact) mass is 269 g/mol. The fourth-order valence-corrected chi connectivity index (χ4v) is 0.263. The molecule has 1 atom stereocenters. The van der Waals surface area contributed by atoms with Crippen molar-refractivity contribution in [3.63, 3.8) is 0 Å². The summed E-state index contributed by atoms with van der Waals surface area (Å²) in [5.74, 6) is -1.07. The van der Waals surface area contributed by atoms with E-state index in [0.29, 0.717) is 0 Å². The van der Waals surface area contributed by atoms with Gasteiger partial charge in [-0.25, -0.2) is 0 Å². The highest BCUT2D eigenvalue weighted by Gasteiger charge is 2.44. The molecule has 0 amide bonds. The molecule has 16 heavy (non-hydrogen) atoms. The van der Waals surface area contributed by atoms with Crippen LogP contribution in [0, 0.1) is 0 Å². The first kappa shape index (κ1) is 17.5. The van der Waals surface area contributed by atoms with E-state index in [1.165, 1.54) is 0 Å². The van der Waals surface area contributed by atoms with Crippen LogP contribution in [-0.2, 0) is 14.9 Å². The number of carboxylic acids is 1. The molecule has 0 saturated heterocycles. The Kier molecular flexibility index (Phi) is 7.24. The molecule has 11 heteroatoms. The standard InChI is InChI=1S/C4H9NO3.CHF3O3S/c5-3(1-2-6)4(7)8;2-1(3,4)8(5,6)7/h3,6H,1-2,5H2,(H,7,8);(H,5,6,7)/t3-;/m0./s1. The summed E-state index contributed by atoms with van der Waals surface area (Å²) in [7, 11) is -5.84. The van der Waals surface area contributed by atoms with Gasteiger partial charge in [-0.15, -0.1) is 0 Å². The minimum atomic E-state index is -5.84. The highest BCUT2D eigenvalue weighted by molar-refractivity contribution is 7.86. The summed E-state index contributed by atoms with van der Waals surface area (Å²) >= 11 is 0.